The number of tetrazole rings is 1. The predicted molar refractivity (Wildman–Crippen MR) is 129 cm³/mol. The number of fused-ring (bicyclic) bond motifs is 1. The summed E-state index contributed by atoms with van der Waals surface area (Å²) in [6, 6.07) is 21.3. The molecular weight excluding hydrogens is 414 g/mol. The van der Waals surface area contributed by atoms with E-state index in [2.05, 4.69) is 26.9 Å². The molecule has 33 heavy (non-hydrogen) atoms. The average Bonchev–Trinajstić information content (AvgIpc) is 3.37. The van der Waals surface area contributed by atoms with Gasteiger partial charge < -0.3 is 9.73 Å². The van der Waals surface area contributed by atoms with E-state index in [1.165, 1.54) is 0 Å². The molecule has 0 aliphatic carbocycles. The molecule has 0 fully saturated rings. The van der Waals surface area contributed by atoms with Crippen molar-refractivity contribution >= 4 is 16.7 Å². The maximum atomic E-state index is 13.3. The SMILES string of the molecule is Cc1cc([C@@H](C)Nc2ccccc2-n2cnnn2)c2oc(-c3ccccc3)c(C)c(=O)c2c1. The van der Waals surface area contributed by atoms with Gasteiger partial charge in [0, 0.05) is 16.7 Å². The van der Waals surface area contributed by atoms with E-state index in [4.69, 9.17) is 4.42 Å². The first-order valence-corrected chi connectivity index (χ1v) is 10.7. The van der Waals surface area contributed by atoms with Gasteiger partial charge in [0.25, 0.3) is 0 Å². The van der Waals surface area contributed by atoms with Crippen molar-refractivity contribution in [3.8, 4) is 17.0 Å². The van der Waals surface area contributed by atoms with Crippen LogP contribution in [0.3, 0.4) is 0 Å². The van der Waals surface area contributed by atoms with Gasteiger partial charge in [-0.15, -0.1) is 5.10 Å². The van der Waals surface area contributed by atoms with E-state index in [-0.39, 0.29) is 11.5 Å². The Bertz CT molecular complexity index is 1490. The summed E-state index contributed by atoms with van der Waals surface area (Å²) in [5, 5.41) is 15.6. The van der Waals surface area contributed by atoms with Crippen molar-refractivity contribution in [3.05, 3.63) is 100.0 Å². The number of para-hydroxylation sites is 2. The molecule has 0 bridgehead atoms. The van der Waals surface area contributed by atoms with Crippen LogP contribution in [0.15, 0.2) is 82.3 Å². The summed E-state index contributed by atoms with van der Waals surface area (Å²) in [4.78, 5) is 13.3. The lowest BCUT2D eigenvalue weighted by Gasteiger charge is -2.20. The summed E-state index contributed by atoms with van der Waals surface area (Å²) in [7, 11) is 0. The largest absolute Gasteiger partial charge is 0.455 e. The highest BCUT2D eigenvalue weighted by Gasteiger charge is 2.19. The molecule has 2 aromatic heterocycles. The van der Waals surface area contributed by atoms with Crippen molar-refractivity contribution < 1.29 is 4.42 Å². The van der Waals surface area contributed by atoms with Crippen molar-refractivity contribution in [1.82, 2.24) is 20.2 Å². The van der Waals surface area contributed by atoms with Gasteiger partial charge >= 0.3 is 0 Å². The fourth-order valence-corrected chi connectivity index (χ4v) is 4.13. The number of nitrogens with zero attached hydrogens (tertiary/aromatic N) is 4. The van der Waals surface area contributed by atoms with Crippen molar-refractivity contribution in [2.45, 2.75) is 26.8 Å². The molecule has 2 heterocycles. The number of aryl methyl sites for hydroxylation is 1. The van der Waals surface area contributed by atoms with Crippen LogP contribution in [0.5, 0.6) is 0 Å². The highest BCUT2D eigenvalue weighted by Crippen LogP contribution is 2.33. The van der Waals surface area contributed by atoms with Gasteiger partial charge in [-0.05, 0) is 55.0 Å². The standard InChI is InChI=1S/C26H23N5O2/c1-16-13-20(18(3)28-22-11-7-8-12-23(22)31-15-27-29-30-31)26-21(14-16)24(32)17(2)25(33-26)19-9-5-4-6-10-19/h4-15,18,28H,1-3H3/t18-/m1/s1. The average molecular weight is 438 g/mol. The topological polar surface area (TPSA) is 85.8 Å². The number of rotatable bonds is 5. The number of hydrogen-bond donors (Lipinski definition) is 1. The van der Waals surface area contributed by atoms with Crippen LogP contribution in [-0.4, -0.2) is 20.2 Å². The molecule has 0 unspecified atom stereocenters. The van der Waals surface area contributed by atoms with E-state index in [9.17, 15) is 4.79 Å². The summed E-state index contributed by atoms with van der Waals surface area (Å²) in [6.45, 7) is 5.86. The molecule has 0 aliphatic heterocycles. The van der Waals surface area contributed by atoms with Crippen LogP contribution < -0.4 is 10.7 Å². The third kappa shape index (κ3) is 3.78. The van der Waals surface area contributed by atoms with Crippen molar-refractivity contribution in [3.63, 3.8) is 0 Å². The first kappa shape index (κ1) is 20.6. The minimum absolute atomic E-state index is 0.0126. The molecule has 164 valence electrons. The van der Waals surface area contributed by atoms with Crippen molar-refractivity contribution in [2.24, 2.45) is 0 Å². The second kappa shape index (κ2) is 8.35. The van der Waals surface area contributed by atoms with Crippen molar-refractivity contribution in [2.75, 3.05) is 5.32 Å². The summed E-state index contributed by atoms with van der Waals surface area (Å²) in [6.07, 6.45) is 1.56. The third-order valence-corrected chi connectivity index (χ3v) is 5.77. The maximum absolute atomic E-state index is 13.3. The summed E-state index contributed by atoms with van der Waals surface area (Å²) < 4.78 is 8.04. The van der Waals surface area contributed by atoms with Crippen LogP contribution >= 0.6 is 0 Å². The van der Waals surface area contributed by atoms with Gasteiger partial charge in [-0.25, -0.2) is 0 Å². The number of benzene rings is 3. The number of anilines is 1. The lowest BCUT2D eigenvalue weighted by molar-refractivity contribution is 0.605. The lowest BCUT2D eigenvalue weighted by atomic mass is 9.98. The maximum Gasteiger partial charge on any atom is 0.196 e. The Morgan fingerprint density at radius 2 is 1.76 bits per heavy atom. The Morgan fingerprint density at radius 1 is 1.00 bits per heavy atom. The van der Waals surface area contributed by atoms with E-state index in [1.54, 1.807) is 11.0 Å². The minimum atomic E-state index is -0.153. The Labute approximate surface area is 190 Å². The fourth-order valence-electron chi connectivity index (χ4n) is 4.13. The fraction of sp³-hybridized carbons (Fsp3) is 0.154. The molecule has 0 saturated carbocycles. The van der Waals surface area contributed by atoms with Crippen LogP contribution in [-0.2, 0) is 0 Å². The molecule has 0 amide bonds. The molecule has 7 nitrogen and oxygen atoms in total. The molecule has 3 aromatic carbocycles. The van der Waals surface area contributed by atoms with Crippen LogP contribution in [0.4, 0.5) is 5.69 Å². The molecule has 1 N–H and O–H groups in total. The first-order valence-electron chi connectivity index (χ1n) is 10.7. The smallest absolute Gasteiger partial charge is 0.196 e. The van der Waals surface area contributed by atoms with E-state index in [0.717, 1.165) is 28.1 Å². The van der Waals surface area contributed by atoms with E-state index >= 15 is 0 Å². The summed E-state index contributed by atoms with van der Waals surface area (Å²) >= 11 is 0. The van der Waals surface area contributed by atoms with Gasteiger partial charge in [0.2, 0.25) is 0 Å². The Hall–Kier alpha value is -4.26. The quantitative estimate of drug-likeness (QED) is 0.405. The van der Waals surface area contributed by atoms with Crippen LogP contribution in [0.2, 0.25) is 0 Å². The molecule has 5 aromatic rings. The minimum Gasteiger partial charge on any atom is -0.455 e. The molecule has 5 rings (SSSR count). The van der Waals surface area contributed by atoms with E-state index in [1.807, 2.05) is 81.4 Å². The molecule has 1 atom stereocenters. The molecule has 7 heteroatoms. The van der Waals surface area contributed by atoms with Gasteiger partial charge in [0.05, 0.1) is 22.8 Å². The first-order chi connectivity index (χ1) is 16.0. The highest BCUT2D eigenvalue weighted by molar-refractivity contribution is 5.84. The lowest BCUT2D eigenvalue weighted by Crippen LogP contribution is -2.13. The van der Waals surface area contributed by atoms with Gasteiger partial charge in [0.1, 0.15) is 17.7 Å². The van der Waals surface area contributed by atoms with Gasteiger partial charge in [0.15, 0.2) is 5.43 Å². The van der Waals surface area contributed by atoms with Gasteiger partial charge in [-0.3, -0.25) is 4.79 Å². The molecule has 0 spiro atoms. The molecule has 0 aliphatic rings. The monoisotopic (exact) mass is 437 g/mol. The number of hydrogen-bond acceptors (Lipinski definition) is 6. The Kier molecular flexibility index (Phi) is 5.22. The highest BCUT2D eigenvalue weighted by atomic mass is 16.3. The normalized spacial score (nSPS) is 12.1. The van der Waals surface area contributed by atoms with Crippen molar-refractivity contribution in [1.29, 1.82) is 0 Å². The van der Waals surface area contributed by atoms with Gasteiger partial charge in [-0.1, -0.05) is 48.5 Å². The number of aromatic nitrogens is 4. The van der Waals surface area contributed by atoms with E-state index in [0.29, 0.717) is 22.3 Å². The summed E-state index contributed by atoms with van der Waals surface area (Å²) in [5.74, 6) is 0.597. The van der Waals surface area contributed by atoms with Crippen LogP contribution in [0.1, 0.15) is 29.7 Å². The second-order valence-electron chi connectivity index (χ2n) is 8.12. The Balaban J connectivity index is 1.64. The molecule has 0 saturated heterocycles. The zero-order valence-corrected chi connectivity index (χ0v) is 18.6. The zero-order chi connectivity index (χ0) is 22.9. The molecule has 0 radical (unpaired) electrons. The Morgan fingerprint density at radius 3 is 2.52 bits per heavy atom. The van der Waals surface area contributed by atoms with Crippen LogP contribution in [0, 0.1) is 13.8 Å². The van der Waals surface area contributed by atoms with Gasteiger partial charge in [-0.2, -0.15) is 4.68 Å². The predicted octanol–water partition coefficient (Wildman–Crippen LogP) is 5.23. The number of nitrogens with one attached hydrogen (secondary N) is 1. The molecular formula is C26H23N5O2. The van der Waals surface area contributed by atoms with E-state index < -0.39 is 0 Å². The zero-order valence-electron chi connectivity index (χ0n) is 18.6. The van der Waals surface area contributed by atoms with Crippen LogP contribution in [0.25, 0.3) is 28.0 Å². The second-order valence-corrected chi connectivity index (χ2v) is 8.12. The third-order valence-electron chi connectivity index (χ3n) is 5.77. The summed E-state index contributed by atoms with van der Waals surface area (Å²) in [5.41, 5.74) is 5.67.